The number of anilines is 2. The monoisotopic (exact) mass is 484 g/mol. The van der Waals surface area contributed by atoms with Gasteiger partial charge in [0, 0.05) is 45.8 Å². The first-order valence-corrected chi connectivity index (χ1v) is 12.9. The highest BCUT2D eigenvalue weighted by Crippen LogP contribution is 2.19. The Bertz CT molecular complexity index is 1060. The van der Waals surface area contributed by atoms with Crippen LogP contribution in [0.15, 0.2) is 39.9 Å². The summed E-state index contributed by atoms with van der Waals surface area (Å²) in [5, 5.41) is 0. The molecule has 1 aliphatic rings. The lowest BCUT2D eigenvalue weighted by Crippen LogP contribution is -2.51. The molecule has 0 aliphatic carbocycles. The summed E-state index contributed by atoms with van der Waals surface area (Å²) in [6.45, 7) is 9.36. The van der Waals surface area contributed by atoms with Crippen LogP contribution in [-0.2, 0) is 17.9 Å². The summed E-state index contributed by atoms with van der Waals surface area (Å²) in [5.41, 5.74) is 6.58. The van der Waals surface area contributed by atoms with E-state index in [9.17, 15) is 14.4 Å². The molecule has 0 spiro atoms. The van der Waals surface area contributed by atoms with Crippen molar-refractivity contribution >= 4 is 17.4 Å². The van der Waals surface area contributed by atoms with Crippen LogP contribution in [0.5, 0.6) is 0 Å². The van der Waals surface area contributed by atoms with E-state index in [1.807, 2.05) is 13.0 Å². The maximum absolute atomic E-state index is 13.5. The maximum Gasteiger partial charge on any atom is 0.330 e. The maximum atomic E-state index is 13.5. The number of H-pyrrole nitrogens is 1. The standard InChI is InChI=1S/C26H40N6O3/c1-3-5-10-14-31(23-24(27)32(13-6-4-2)26(35)28-25(23)34)22(33)20-30-17-15-29(16-18-30)19-21-11-8-7-9-12-21/h7-9,11-12H,3-6,10,13-20,27H2,1-2H3,(H,28,34,35). The summed E-state index contributed by atoms with van der Waals surface area (Å²) in [6.07, 6.45) is 4.34. The minimum atomic E-state index is -0.599. The molecule has 0 radical (unpaired) electrons. The van der Waals surface area contributed by atoms with Crippen LogP contribution >= 0.6 is 0 Å². The molecule has 1 aromatic carbocycles. The van der Waals surface area contributed by atoms with Crippen molar-refractivity contribution in [3.05, 3.63) is 56.7 Å². The molecule has 1 saturated heterocycles. The molecule has 3 N–H and O–H groups in total. The molecule has 1 amide bonds. The second-order valence-corrected chi connectivity index (χ2v) is 9.29. The molecule has 1 aromatic heterocycles. The van der Waals surface area contributed by atoms with E-state index >= 15 is 0 Å². The highest BCUT2D eigenvalue weighted by atomic mass is 16.2. The number of rotatable bonds is 12. The Labute approximate surface area is 207 Å². The molecule has 9 nitrogen and oxygen atoms in total. The normalized spacial score (nSPS) is 14.8. The van der Waals surface area contributed by atoms with Gasteiger partial charge in [-0.25, -0.2) is 4.79 Å². The second-order valence-electron chi connectivity index (χ2n) is 9.29. The zero-order valence-corrected chi connectivity index (χ0v) is 21.2. The Kier molecular flexibility index (Phi) is 10.1. The number of aromatic nitrogens is 2. The topological polar surface area (TPSA) is 108 Å². The fourth-order valence-corrected chi connectivity index (χ4v) is 4.48. The summed E-state index contributed by atoms with van der Waals surface area (Å²) in [6, 6.07) is 10.4. The van der Waals surface area contributed by atoms with Gasteiger partial charge in [0.1, 0.15) is 5.82 Å². The van der Waals surface area contributed by atoms with E-state index in [2.05, 4.69) is 46.0 Å². The molecule has 1 aliphatic heterocycles. The van der Waals surface area contributed by atoms with Gasteiger partial charge in [-0.2, -0.15) is 0 Å². The lowest BCUT2D eigenvalue weighted by molar-refractivity contribution is -0.120. The first-order valence-electron chi connectivity index (χ1n) is 12.9. The number of aromatic amines is 1. The lowest BCUT2D eigenvalue weighted by Gasteiger charge is -2.35. The summed E-state index contributed by atoms with van der Waals surface area (Å²) in [5.74, 6) is -0.0831. The summed E-state index contributed by atoms with van der Waals surface area (Å²) < 4.78 is 1.38. The van der Waals surface area contributed by atoms with E-state index in [1.54, 1.807) is 0 Å². The van der Waals surface area contributed by atoms with Gasteiger partial charge in [0.25, 0.3) is 5.56 Å². The molecule has 35 heavy (non-hydrogen) atoms. The Morgan fingerprint density at radius 3 is 2.29 bits per heavy atom. The van der Waals surface area contributed by atoms with Crippen LogP contribution < -0.4 is 21.9 Å². The number of nitrogens with one attached hydrogen (secondary N) is 1. The van der Waals surface area contributed by atoms with Crippen LogP contribution in [0.4, 0.5) is 11.5 Å². The van der Waals surface area contributed by atoms with Gasteiger partial charge in [-0.15, -0.1) is 0 Å². The van der Waals surface area contributed by atoms with E-state index in [1.165, 1.54) is 15.0 Å². The SMILES string of the molecule is CCCCCN(C(=O)CN1CCN(Cc2ccccc2)CC1)c1c(N)n(CCCC)c(=O)[nH]c1=O. The molecular formula is C26H40N6O3. The largest absolute Gasteiger partial charge is 0.383 e. The number of carbonyl (C=O) groups is 1. The second kappa shape index (κ2) is 13.3. The van der Waals surface area contributed by atoms with Crippen molar-refractivity contribution in [2.75, 3.05) is 49.9 Å². The third-order valence-corrected chi connectivity index (χ3v) is 6.58. The van der Waals surface area contributed by atoms with Crippen molar-refractivity contribution in [1.82, 2.24) is 19.4 Å². The number of amides is 1. The average molecular weight is 485 g/mol. The third kappa shape index (κ3) is 7.29. The lowest BCUT2D eigenvalue weighted by atomic mass is 10.2. The Balaban J connectivity index is 1.72. The number of unbranched alkanes of at least 4 members (excludes halogenated alkanes) is 3. The first kappa shape index (κ1) is 26.7. The van der Waals surface area contributed by atoms with E-state index in [4.69, 9.17) is 5.73 Å². The van der Waals surface area contributed by atoms with E-state index < -0.39 is 11.2 Å². The summed E-state index contributed by atoms with van der Waals surface area (Å²) >= 11 is 0. The van der Waals surface area contributed by atoms with Crippen molar-refractivity contribution in [3.8, 4) is 0 Å². The molecule has 0 unspecified atom stereocenters. The molecule has 2 heterocycles. The van der Waals surface area contributed by atoms with Gasteiger partial charge in [-0.3, -0.25) is 28.9 Å². The number of nitrogens with two attached hydrogens (primary N) is 1. The predicted octanol–water partition coefficient (Wildman–Crippen LogP) is 2.26. The zero-order chi connectivity index (χ0) is 25.2. The third-order valence-electron chi connectivity index (χ3n) is 6.58. The number of hydrogen-bond acceptors (Lipinski definition) is 6. The van der Waals surface area contributed by atoms with Gasteiger partial charge in [0.15, 0.2) is 5.69 Å². The fraction of sp³-hybridized carbons (Fsp3) is 0.577. The molecule has 1 fully saturated rings. The van der Waals surface area contributed by atoms with Crippen LogP contribution in [-0.4, -0.2) is 64.5 Å². The molecule has 192 valence electrons. The highest BCUT2D eigenvalue weighted by Gasteiger charge is 2.27. The summed E-state index contributed by atoms with van der Waals surface area (Å²) in [4.78, 5) is 47.0. The van der Waals surface area contributed by atoms with Crippen LogP contribution in [0.1, 0.15) is 51.5 Å². The van der Waals surface area contributed by atoms with Crippen molar-refractivity contribution in [2.24, 2.45) is 0 Å². The number of carbonyl (C=O) groups excluding carboxylic acids is 1. The van der Waals surface area contributed by atoms with Crippen LogP contribution in [0.25, 0.3) is 0 Å². The number of nitrogen functional groups attached to an aromatic ring is 1. The van der Waals surface area contributed by atoms with Gasteiger partial charge in [0.05, 0.1) is 6.54 Å². The molecule has 0 saturated carbocycles. The van der Waals surface area contributed by atoms with Gasteiger partial charge in [-0.1, -0.05) is 63.4 Å². The molecular weight excluding hydrogens is 444 g/mol. The number of nitrogens with zero attached hydrogens (tertiary/aromatic N) is 4. The Hall–Kier alpha value is -2.91. The van der Waals surface area contributed by atoms with Crippen LogP contribution in [0.3, 0.4) is 0 Å². The van der Waals surface area contributed by atoms with Crippen molar-refractivity contribution < 1.29 is 4.79 Å². The molecule has 9 heteroatoms. The fourth-order valence-electron chi connectivity index (χ4n) is 4.48. The van der Waals surface area contributed by atoms with Gasteiger partial charge < -0.3 is 10.6 Å². The predicted molar refractivity (Wildman–Crippen MR) is 141 cm³/mol. The number of benzene rings is 1. The number of hydrogen-bond donors (Lipinski definition) is 2. The quantitative estimate of drug-likeness (QED) is 0.448. The van der Waals surface area contributed by atoms with E-state index in [0.29, 0.717) is 13.1 Å². The van der Waals surface area contributed by atoms with Crippen molar-refractivity contribution in [3.63, 3.8) is 0 Å². The van der Waals surface area contributed by atoms with Gasteiger partial charge >= 0.3 is 5.69 Å². The number of piperazine rings is 1. The smallest absolute Gasteiger partial charge is 0.330 e. The van der Waals surface area contributed by atoms with Crippen molar-refractivity contribution in [1.29, 1.82) is 0 Å². The minimum Gasteiger partial charge on any atom is -0.383 e. The Morgan fingerprint density at radius 1 is 0.971 bits per heavy atom. The van der Waals surface area contributed by atoms with E-state index in [0.717, 1.165) is 64.8 Å². The zero-order valence-electron chi connectivity index (χ0n) is 21.2. The molecule has 0 bridgehead atoms. The molecule has 0 atom stereocenters. The van der Waals surface area contributed by atoms with Crippen molar-refractivity contribution in [2.45, 2.75) is 59.0 Å². The van der Waals surface area contributed by atoms with E-state index in [-0.39, 0.29) is 24.0 Å². The average Bonchev–Trinajstić information content (AvgIpc) is 2.84. The van der Waals surface area contributed by atoms with Crippen LogP contribution in [0, 0.1) is 0 Å². The van der Waals surface area contributed by atoms with Crippen LogP contribution in [0.2, 0.25) is 0 Å². The Morgan fingerprint density at radius 2 is 1.63 bits per heavy atom. The molecule has 2 aromatic rings. The minimum absolute atomic E-state index is 0.0738. The highest BCUT2D eigenvalue weighted by molar-refractivity contribution is 5.96. The van der Waals surface area contributed by atoms with Gasteiger partial charge in [0.2, 0.25) is 5.91 Å². The molecule has 3 rings (SSSR count). The summed E-state index contributed by atoms with van der Waals surface area (Å²) in [7, 11) is 0. The van der Waals surface area contributed by atoms with Gasteiger partial charge in [-0.05, 0) is 18.4 Å². The first-order chi connectivity index (χ1) is 16.9.